The van der Waals surface area contributed by atoms with E-state index in [0.29, 0.717) is 0 Å². The molecule has 0 aliphatic heterocycles. The van der Waals surface area contributed by atoms with Gasteiger partial charge in [0.2, 0.25) is 0 Å². The lowest BCUT2D eigenvalue weighted by Crippen LogP contribution is -1.85. The minimum atomic E-state index is 0.737. The van der Waals surface area contributed by atoms with E-state index in [1.54, 1.807) is 19.3 Å². The van der Waals surface area contributed by atoms with Crippen molar-refractivity contribution in [1.82, 2.24) is 10.2 Å². The molecule has 1 rings (SSSR count). The first-order valence-electron chi connectivity index (χ1n) is 2.47. The molecule has 1 aromatic heterocycles. The zero-order valence-electron chi connectivity index (χ0n) is 5.00. The monoisotopic (exact) mass is 125 g/mol. The summed E-state index contributed by atoms with van der Waals surface area (Å²) in [6, 6.07) is 1.76. The van der Waals surface area contributed by atoms with Crippen molar-refractivity contribution >= 4 is 5.82 Å². The summed E-state index contributed by atoms with van der Waals surface area (Å²) in [5.41, 5.74) is 2.61. The van der Waals surface area contributed by atoms with E-state index in [4.69, 9.17) is 0 Å². The number of aromatic nitrogens is 2. The second-order valence-corrected chi connectivity index (χ2v) is 1.38. The number of nitrogens with one attached hydrogen (secondary N) is 2. The normalized spacial score (nSPS) is 10.3. The highest BCUT2D eigenvalue weighted by molar-refractivity contribution is 5.29. The molecule has 0 saturated heterocycles. The summed E-state index contributed by atoms with van der Waals surface area (Å²) in [5, 5.41) is 13.3. The molecule has 0 fully saturated rings. The first kappa shape index (κ1) is 5.74. The Labute approximate surface area is 52.2 Å². The minimum Gasteiger partial charge on any atom is -0.262 e. The average molecular weight is 125 g/mol. The smallest absolute Gasteiger partial charge is 0.143 e. The Kier molecular flexibility index (Phi) is 1.79. The quantitative estimate of drug-likeness (QED) is 0.454. The van der Waals surface area contributed by atoms with Gasteiger partial charge in [-0.25, -0.2) is 5.43 Å². The third-order valence-corrected chi connectivity index (χ3v) is 0.771. The Balaban J connectivity index is 2.48. The largest absolute Gasteiger partial charge is 0.262 e. The van der Waals surface area contributed by atoms with Crippen LogP contribution in [0.15, 0.2) is 22.6 Å². The molecule has 0 unspecified atom stereocenters. The Morgan fingerprint density at radius 1 is 1.78 bits per heavy atom. The van der Waals surface area contributed by atoms with E-state index in [2.05, 4.69) is 26.0 Å². The summed E-state index contributed by atoms with van der Waals surface area (Å²) in [7, 11) is 1.59. The summed E-state index contributed by atoms with van der Waals surface area (Å²) in [6.07, 6.45) is 1.63. The van der Waals surface area contributed by atoms with Crippen LogP contribution in [0.4, 0.5) is 5.82 Å². The van der Waals surface area contributed by atoms with Crippen molar-refractivity contribution in [2.24, 2.45) is 10.3 Å². The second kappa shape index (κ2) is 2.81. The van der Waals surface area contributed by atoms with Gasteiger partial charge in [-0.1, -0.05) is 5.22 Å². The van der Waals surface area contributed by atoms with E-state index in [1.807, 2.05) is 0 Å². The van der Waals surface area contributed by atoms with Crippen molar-refractivity contribution in [1.29, 1.82) is 0 Å². The molecule has 0 amide bonds. The molecule has 0 aromatic carbocycles. The summed E-state index contributed by atoms with van der Waals surface area (Å²) >= 11 is 0. The van der Waals surface area contributed by atoms with Gasteiger partial charge in [0.15, 0.2) is 0 Å². The molecule has 0 radical (unpaired) electrons. The highest BCUT2D eigenvalue weighted by Crippen LogP contribution is 1.96. The van der Waals surface area contributed by atoms with Gasteiger partial charge in [-0.3, -0.25) is 5.10 Å². The summed E-state index contributed by atoms with van der Waals surface area (Å²) in [4.78, 5) is 0. The fraction of sp³-hybridized carbons (Fsp3) is 0.250. The van der Waals surface area contributed by atoms with E-state index in [1.165, 1.54) is 0 Å². The highest BCUT2D eigenvalue weighted by atomic mass is 15.4. The van der Waals surface area contributed by atoms with Gasteiger partial charge in [-0.05, 0) is 0 Å². The maximum atomic E-state index is 3.69. The van der Waals surface area contributed by atoms with Gasteiger partial charge >= 0.3 is 0 Å². The number of nitrogens with zero attached hydrogens (tertiary/aromatic N) is 3. The zero-order chi connectivity index (χ0) is 6.53. The lowest BCUT2D eigenvalue weighted by Gasteiger charge is -1.87. The predicted molar refractivity (Wildman–Crippen MR) is 33.0 cm³/mol. The van der Waals surface area contributed by atoms with Crippen molar-refractivity contribution in [2.45, 2.75) is 0 Å². The summed E-state index contributed by atoms with van der Waals surface area (Å²) in [6.45, 7) is 0. The molecule has 0 aliphatic carbocycles. The number of aromatic amines is 1. The Morgan fingerprint density at radius 3 is 3.22 bits per heavy atom. The molecule has 9 heavy (non-hydrogen) atoms. The average Bonchev–Trinajstić information content (AvgIpc) is 2.34. The fourth-order valence-electron chi connectivity index (χ4n) is 0.422. The molecule has 0 bridgehead atoms. The topological polar surface area (TPSA) is 65.4 Å². The second-order valence-electron chi connectivity index (χ2n) is 1.38. The van der Waals surface area contributed by atoms with Crippen molar-refractivity contribution in [3.8, 4) is 0 Å². The number of rotatable bonds is 2. The third kappa shape index (κ3) is 1.52. The SMILES string of the molecule is CN=NNc1ccn[nH]1. The number of anilines is 1. The Hall–Kier alpha value is -1.39. The van der Waals surface area contributed by atoms with E-state index >= 15 is 0 Å². The summed E-state index contributed by atoms with van der Waals surface area (Å²) < 4.78 is 0. The molecule has 2 N–H and O–H groups in total. The van der Waals surface area contributed by atoms with Crippen LogP contribution in [0.2, 0.25) is 0 Å². The van der Waals surface area contributed by atoms with Crippen LogP contribution >= 0.6 is 0 Å². The van der Waals surface area contributed by atoms with Gasteiger partial charge in [0.1, 0.15) is 5.82 Å². The van der Waals surface area contributed by atoms with Crippen LogP contribution in [0.25, 0.3) is 0 Å². The molecule has 0 spiro atoms. The molecule has 1 aromatic rings. The van der Waals surface area contributed by atoms with Gasteiger partial charge in [-0.2, -0.15) is 10.2 Å². The molecule has 48 valence electrons. The molecule has 1 heterocycles. The lowest BCUT2D eigenvalue weighted by atomic mass is 10.7. The van der Waals surface area contributed by atoms with Gasteiger partial charge in [0.05, 0.1) is 13.2 Å². The van der Waals surface area contributed by atoms with Crippen LogP contribution in [0.3, 0.4) is 0 Å². The minimum absolute atomic E-state index is 0.737. The van der Waals surface area contributed by atoms with Crippen molar-refractivity contribution < 1.29 is 0 Å². The number of H-pyrrole nitrogens is 1. The molecule has 5 nitrogen and oxygen atoms in total. The van der Waals surface area contributed by atoms with Crippen LogP contribution < -0.4 is 5.43 Å². The highest BCUT2D eigenvalue weighted by Gasteiger charge is 1.84. The maximum Gasteiger partial charge on any atom is 0.143 e. The fourth-order valence-corrected chi connectivity index (χ4v) is 0.422. The molecule has 0 aliphatic rings. The van der Waals surface area contributed by atoms with Gasteiger partial charge in [-0.15, -0.1) is 0 Å². The van der Waals surface area contributed by atoms with E-state index in [-0.39, 0.29) is 0 Å². The van der Waals surface area contributed by atoms with Gasteiger partial charge < -0.3 is 0 Å². The van der Waals surface area contributed by atoms with Crippen LogP contribution in [0, 0.1) is 0 Å². The molecule has 5 heteroatoms. The van der Waals surface area contributed by atoms with Crippen molar-refractivity contribution in [3.63, 3.8) is 0 Å². The van der Waals surface area contributed by atoms with Crippen LogP contribution in [0.5, 0.6) is 0 Å². The molecular weight excluding hydrogens is 118 g/mol. The first-order chi connectivity index (χ1) is 4.43. The Bertz CT molecular complexity index is 177. The maximum absolute atomic E-state index is 3.69. The standard InChI is InChI=1S/C4H7N5/c1-5-9-8-4-2-3-6-7-4/h2-3H,1H3,(H2,5,6,7,8). The summed E-state index contributed by atoms with van der Waals surface area (Å²) in [5.74, 6) is 0.737. The molecule has 0 atom stereocenters. The van der Waals surface area contributed by atoms with Crippen LogP contribution in [-0.2, 0) is 0 Å². The first-order valence-corrected chi connectivity index (χ1v) is 2.47. The van der Waals surface area contributed by atoms with E-state index < -0.39 is 0 Å². The van der Waals surface area contributed by atoms with Gasteiger partial charge in [0, 0.05) is 6.07 Å². The molecule has 0 saturated carbocycles. The Morgan fingerprint density at radius 2 is 2.67 bits per heavy atom. The van der Waals surface area contributed by atoms with E-state index in [9.17, 15) is 0 Å². The van der Waals surface area contributed by atoms with Gasteiger partial charge in [0.25, 0.3) is 0 Å². The van der Waals surface area contributed by atoms with Crippen molar-refractivity contribution in [3.05, 3.63) is 12.3 Å². The lowest BCUT2D eigenvalue weighted by molar-refractivity contribution is 1.03. The van der Waals surface area contributed by atoms with E-state index in [0.717, 1.165) is 5.82 Å². The molecular formula is C4H7N5. The van der Waals surface area contributed by atoms with Crippen molar-refractivity contribution in [2.75, 3.05) is 12.5 Å². The number of hydrogen-bond donors (Lipinski definition) is 2. The van der Waals surface area contributed by atoms with Crippen LogP contribution in [0.1, 0.15) is 0 Å². The third-order valence-electron chi connectivity index (χ3n) is 0.771. The van der Waals surface area contributed by atoms with Crippen LogP contribution in [-0.4, -0.2) is 17.2 Å². The number of hydrogen-bond acceptors (Lipinski definition) is 3. The predicted octanol–water partition coefficient (Wildman–Crippen LogP) is 0.819. The zero-order valence-corrected chi connectivity index (χ0v) is 5.00.